The van der Waals surface area contributed by atoms with Gasteiger partial charge in [0.15, 0.2) is 0 Å². The van der Waals surface area contributed by atoms with Crippen molar-refractivity contribution in [2.75, 3.05) is 20.6 Å². The smallest absolute Gasteiger partial charge is 0.318 e. The maximum atomic E-state index is 13.0. The predicted octanol–water partition coefficient (Wildman–Crippen LogP) is 4.36. The second-order valence-electron chi connectivity index (χ2n) is 7.37. The molecule has 1 N–H and O–H groups in total. The van der Waals surface area contributed by atoms with Crippen LogP contribution in [0.2, 0.25) is 0 Å². The third kappa shape index (κ3) is 4.86. The van der Waals surface area contributed by atoms with Gasteiger partial charge in [-0.2, -0.15) is 0 Å². The Labute approximate surface area is 160 Å². The average Bonchev–Trinajstić information content (AvgIpc) is 3.36. The maximum absolute atomic E-state index is 13.0. The van der Waals surface area contributed by atoms with Crippen LogP contribution in [0.25, 0.3) is 0 Å². The van der Waals surface area contributed by atoms with Crippen LogP contribution in [-0.2, 0) is 6.54 Å². The van der Waals surface area contributed by atoms with E-state index in [1.165, 1.54) is 23.3 Å². The van der Waals surface area contributed by atoms with Crippen LogP contribution < -0.4 is 5.32 Å². The third-order valence-electron chi connectivity index (χ3n) is 5.19. The lowest BCUT2D eigenvalue weighted by Gasteiger charge is -2.31. The number of hydrogen-bond donors (Lipinski definition) is 1. The molecule has 0 spiro atoms. The van der Waals surface area contributed by atoms with E-state index in [1.807, 2.05) is 23.1 Å². The van der Waals surface area contributed by atoms with E-state index in [-0.39, 0.29) is 18.1 Å². The summed E-state index contributed by atoms with van der Waals surface area (Å²) < 4.78 is 0. The number of nitrogens with zero attached hydrogens (tertiary/aromatic N) is 2. The number of urea groups is 1. The molecular weight excluding hydrogens is 342 g/mol. The number of carbonyl (C=O) groups is 1. The number of thiophene rings is 1. The van der Waals surface area contributed by atoms with E-state index in [2.05, 4.69) is 60.9 Å². The molecule has 0 radical (unpaired) electrons. The molecule has 1 saturated carbocycles. The minimum Gasteiger partial charge on any atom is -0.336 e. The number of carbonyl (C=O) groups excluding carboxylic acids is 1. The van der Waals surface area contributed by atoms with Gasteiger partial charge in [-0.15, -0.1) is 11.3 Å². The van der Waals surface area contributed by atoms with Crippen LogP contribution >= 0.6 is 11.3 Å². The number of likely N-dealkylation sites (N-methyl/N-ethyl adjacent to an activating group) is 1. The monoisotopic (exact) mass is 371 g/mol. The Morgan fingerprint density at radius 3 is 2.50 bits per heavy atom. The van der Waals surface area contributed by atoms with Crippen LogP contribution in [0.15, 0.2) is 47.8 Å². The molecule has 0 unspecified atom stereocenters. The first-order valence-electron chi connectivity index (χ1n) is 9.34. The van der Waals surface area contributed by atoms with Gasteiger partial charge in [0.05, 0.1) is 6.04 Å². The van der Waals surface area contributed by atoms with E-state index in [0.29, 0.717) is 19.0 Å². The second kappa shape index (κ2) is 8.69. The normalized spacial score (nSPS) is 16.3. The molecular formula is C21H29N3OS. The average molecular weight is 372 g/mol. The predicted molar refractivity (Wildman–Crippen MR) is 108 cm³/mol. The first kappa shape index (κ1) is 18.9. The third-order valence-corrected chi connectivity index (χ3v) is 6.17. The molecule has 5 heteroatoms. The van der Waals surface area contributed by atoms with E-state index in [0.717, 1.165) is 0 Å². The zero-order valence-corrected chi connectivity index (χ0v) is 16.7. The van der Waals surface area contributed by atoms with Gasteiger partial charge in [-0.3, -0.25) is 0 Å². The lowest BCUT2D eigenvalue weighted by atomic mass is 10.1. The molecule has 3 rings (SSSR count). The van der Waals surface area contributed by atoms with Crippen molar-refractivity contribution in [3.05, 3.63) is 58.3 Å². The van der Waals surface area contributed by atoms with E-state index < -0.39 is 0 Å². The molecule has 2 amide bonds. The largest absolute Gasteiger partial charge is 0.336 e. The molecule has 0 saturated heterocycles. The second-order valence-corrected chi connectivity index (χ2v) is 8.35. The fourth-order valence-electron chi connectivity index (χ4n) is 3.32. The van der Waals surface area contributed by atoms with Crippen molar-refractivity contribution in [2.24, 2.45) is 5.92 Å². The summed E-state index contributed by atoms with van der Waals surface area (Å²) >= 11 is 1.74. The van der Waals surface area contributed by atoms with E-state index in [4.69, 9.17) is 0 Å². The first-order chi connectivity index (χ1) is 12.6. The van der Waals surface area contributed by atoms with Crippen LogP contribution in [0.5, 0.6) is 0 Å². The molecule has 0 aliphatic heterocycles. The van der Waals surface area contributed by atoms with Crippen molar-refractivity contribution in [1.29, 1.82) is 0 Å². The highest BCUT2D eigenvalue weighted by Gasteiger charge is 2.34. The zero-order valence-electron chi connectivity index (χ0n) is 15.9. The maximum Gasteiger partial charge on any atom is 0.318 e. The summed E-state index contributed by atoms with van der Waals surface area (Å²) in [4.78, 5) is 18.5. The van der Waals surface area contributed by atoms with Gasteiger partial charge in [0.1, 0.15) is 0 Å². The van der Waals surface area contributed by atoms with Crippen molar-refractivity contribution < 1.29 is 4.79 Å². The highest BCUT2D eigenvalue weighted by Crippen LogP contribution is 2.35. The summed E-state index contributed by atoms with van der Waals surface area (Å²) in [5.41, 5.74) is 1.18. The van der Waals surface area contributed by atoms with Crippen LogP contribution in [0.3, 0.4) is 0 Å². The number of nitrogens with one attached hydrogen (secondary N) is 1. The summed E-state index contributed by atoms with van der Waals surface area (Å²) in [5.74, 6) is 0.645. The van der Waals surface area contributed by atoms with Crippen LogP contribution in [0.1, 0.15) is 36.2 Å². The van der Waals surface area contributed by atoms with Gasteiger partial charge in [-0.05, 0) is 56.8 Å². The molecule has 2 aromatic rings. The van der Waals surface area contributed by atoms with Gasteiger partial charge >= 0.3 is 6.03 Å². The van der Waals surface area contributed by atoms with Gasteiger partial charge < -0.3 is 15.1 Å². The van der Waals surface area contributed by atoms with Crippen molar-refractivity contribution >= 4 is 17.4 Å². The Balaban J connectivity index is 1.66. The van der Waals surface area contributed by atoms with E-state index in [1.54, 1.807) is 11.3 Å². The molecule has 4 nitrogen and oxygen atoms in total. The summed E-state index contributed by atoms with van der Waals surface area (Å²) in [6.45, 7) is 3.47. The first-order valence-corrected chi connectivity index (χ1v) is 10.2. The van der Waals surface area contributed by atoms with E-state index >= 15 is 0 Å². The van der Waals surface area contributed by atoms with Gasteiger partial charge in [0.2, 0.25) is 0 Å². The molecule has 2 atom stereocenters. The highest BCUT2D eigenvalue weighted by molar-refractivity contribution is 7.10. The minimum atomic E-state index is 0.0386. The van der Waals surface area contributed by atoms with Crippen LogP contribution in [0.4, 0.5) is 4.79 Å². The van der Waals surface area contributed by atoms with Crippen molar-refractivity contribution in [3.63, 3.8) is 0 Å². The molecule has 1 fully saturated rings. The summed E-state index contributed by atoms with van der Waals surface area (Å²) in [6.07, 6.45) is 2.46. The molecule has 140 valence electrons. The topological polar surface area (TPSA) is 35.6 Å². The summed E-state index contributed by atoms with van der Waals surface area (Å²) in [5, 5.41) is 5.28. The minimum absolute atomic E-state index is 0.0386. The molecule has 1 aromatic heterocycles. The Bertz CT molecular complexity index is 683. The fraction of sp³-hybridized carbons (Fsp3) is 0.476. The number of amides is 2. The Kier molecular flexibility index (Phi) is 6.33. The number of benzene rings is 1. The number of hydrogen-bond acceptors (Lipinski definition) is 3. The van der Waals surface area contributed by atoms with Crippen LogP contribution in [0, 0.1) is 5.92 Å². The molecule has 1 aliphatic rings. The Morgan fingerprint density at radius 2 is 1.92 bits per heavy atom. The van der Waals surface area contributed by atoms with Crippen molar-refractivity contribution in [3.8, 4) is 0 Å². The SMILES string of the molecule is C[C@@H](C1CC1)N(Cc1ccccc1)C(=O)NC[C@@H](c1cccs1)N(C)C. The molecule has 1 aromatic carbocycles. The summed E-state index contributed by atoms with van der Waals surface area (Å²) in [6, 6.07) is 15.0. The van der Waals surface area contributed by atoms with Gasteiger partial charge in [-0.25, -0.2) is 4.79 Å². The number of rotatable bonds is 8. The van der Waals surface area contributed by atoms with Crippen molar-refractivity contribution in [2.45, 2.75) is 38.4 Å². The van der Waals surface area contributed by atoms with Gasteiger partial charge in [0, 0.05) is 24.0 Å². The Morgan fingerprint density at radius 1 is 1.19 bits per heavy atom. The highest BCUT2D eigenvalue weighted by atomic mass is 32.1. The lowest BCUT2D eigenvalue weighted by Crippen LogP contribution is -2.47. The molecule has 1 heterocycles. The van der Waals surface area contributed by atoms with E-state index in [9.17, 15) is 4.79 Å². The summed E-state index contributed by atoms with van der Waals surface area (Å²) in [7, 11) is 4.12. The van der Waals surface area contributed by atoms with Crippen LogP contribution in [-0.4, -0.2) is 42.5 Å². The standard InChI is InChI=1S/C21H29N3OS/c1-16(18-11-12-18)24(15-17-8-5-4-6-9-17)21(25)22-14-19(23(2)3)20-10-7-13-26-20/h4-10,13,16,18-19H,11-12,14-15H2,1-3H3,(H,22,25)/t16-,19-/m0/s1. The molecule has 26 heavy (non-hydrogen) atoms. The molecule has 1 aliphatic carbocycles. The lowest BCUT2D eigenvalue weighted by molar-refractivity contribution is 0.163. The van der Waals surface area contributed by atoms with Crippen molar-refractivity contribution in [1.82, 2.24) is 15.1 Å². The Hall–Kier alpha value is -1.85. The van der Waals surface area contributed by atoms with Gasteiger partial charge in [-0.1, -0.05) is 36.4 Å². The fourth-order valence-corrected chi connectivity index (χ4v) is 4.24. The quantitative estimate of drug-likeness (QED) is 0.748. The zero-order chi connectivity index (χ0) is 18.5. The molecule has 0 bridgehead atoms. The van der Waals surface area contributed by atoms with Gasteiger partial charge in [0.25, 0.3) is 0 Å².